The van der Waals surface area contributed by atoms with Crippen molar-refractivity contribution in [1.29, 1.82) is 0 Å². The first-order valence-electron chi connectivity index (χ1n) is 8.26. The van der Waals surface area contributed by atoms with Crippen LogP contribution in [0.25, 0.3) is 0 Å². The lowest BCUT2D eigenvalue weighted by Crippen LogP contribution is -2.62. The third kappa shape index (κ3) is 2.84. The van der Waals surface area contributed by atoms with Crippen molar-refractivity contribution in [2.45, 2.75) is 83.5 Å². The molecule has 2 rings (SSSR count). The maximum atomic E-state index is 6.26. The van der Waals surface area contributed by atoms with Crippen LogP contribution in [0.4, 0.5) is 0 Å². The summed E-state index contributed by atoms with van der Waals surface area (Å²) in [6.07, 6.45) is 6.51. The van der Waals surface area contributed by atoms with Crippen molar-refractivity contribution in [3.8, 4) is 0 Å². The molecule has 0 aliphatic carbocycles. The van der Waals surface area contributed by atoms with Crippen LogP contribution < -0.4 is 5.73 Å². The Balaban J connectivity index is 2.11. The van der Waals surface area contributed by atoms with E-state index < -0.39 is 0 Å². The normalized spacial score (nSPS) is 33.2. The Morgan fingerprint density at radius 2 is 1.84 bits per heavy atom. The van der Waals surface area contributed by atoms with E-state index in [2.05, 4.69) is 37.5 Å². The highest BCUT2D eigenvalue weighted by Crippen LogP contribution is 2.39. The van der Waals surface area contributed by atoms with Gasteiger partial charge in [-0.3, -0.25) is 4.90 Å². The third-order valence-corrected chi connectivity index (χ3v) is 5.64. The van der Waals surface area contributed by atoms with E-state index in [0.717, 1.165) is 18.6 Å². The van der Waals surface area contributed by atoms with E-state index in [0.29, 0.717) is 6.04 Å². The fraction of sp³-hybridized carbons (Fsp3) is 1.00. The lowest BCUT2D eigenvalue weighted by atomic mass is 9.83. The SMILES string of the molecule is CCC1CCC(C)N1C1(CN)CCN(C(C)C)CC1. The first kappa shape index (κ1) is 15.3. The average molecular weight is 267 g/mol. The number of likely N-dealkylation sites (tertiary alicyclic amines) is 2. The lowest BCUT2D eigenvalue weighted by Gasteiger charge is -2.51. The summed E-state index contributed by atoms with van der Waals surface area (Å²) in [5.74, 6) is 0. The fourth-order valence-electron chi connectivity index (χ4n) is 4.35. The zero-order valence-corrected chi connectivity index (χ0v) is 13.4. The van der Waals surface area contributed by atoms with Gasteiger partial charge in [-0.25, -0.2) is 0 Å². The molecule has 0 saturated carbocycles. The van der Waals surface area contributed by atoms with Crippen LogP contribution in [0.1, 0.15) is 59.8 Å². The van der Waals surface area contributed by atoms with Gasteiger partial charge in [0.05, 0.1) is 0 Å². The van der Waals surface area contributed by atoms with Crippen molar-refractivity contribution in [3.05, 3.63) is 0 Å². The predicted octanol–water partition coefficient (Wildman–Crippen LogP) is 2.45. The molecule has 0 amide bonds. The molecule has 2 aliphatic heterocycles. The maximum Gasteiger partial charge on any atom is 0.0361 e. The summed E-state index contributed by atoms with van der Waals surface area (Å²) in [6.45, 7) is 12.6. The summed E-state index contributed by atoms with van der Waals surface area (Å²) in [4.78, 5) is 5.42. The molecular formula is C16H33N3. The van der Waals surface area contributed by atoms with E-state index in [1.807, 2.05) is 0 Å². The molecule has 2 aliphatic rings. The third-order valence-electron chi connectivity index (χ3n) is 5.64. The molecule has 0 aromatic carbocycles. The van der Waals surface area contributed by atoms with Gasteiger partial charge in [0, 0.05) is 43.3 Å². The van der Waals surface area contributed by atoms with Crippen LogP contribution in [0.2, 0.25) is 0 Å². The highest BCUT2D eigenvalue weighted by Gasteiger charge is 2.46. The minimum atomic E-state index is 0.280. The number of rotatable bonds is 4. The second-order valence-corrected chi connectivity index (χ2v) is 6.95. The largest absolute Gasteiger partial charge is 0.329 e. The zero-order chi connectivity index (χ0) is 14.0. The van der Waals surface area contributed by atoms with E-state index in [4.69, 9.17) is 5.73 Å². The van der Waals surface area contributed by atoms with Gasteiger partial charge >= 0.3 is 0 Å². The predicted molar refractivity (Wildman–Crippen MR) is 82.3 cm³/mol. The second kappa shape index (κ2) is 6.11. The Hall–Kier alpha value is -0.120. The highest BCUT2D eigenvalue weighted by atomic mass is 15.3. The number of nitrogens with zero attached hydrogens (tertiary/aromatic N) is 2. The number of hydrogen-bond donors (Lipinski definition) is 1. The summed E-state index contributed by atoms with van der Waals surface area (Å²) < 4.78 is 0. The van der Waals surface area contributed by atoms with Crippen LogP contribution in [-0.4, -0.2) is 53.1 Å². The van der Waals surface area contributed by atoms with Gasteiger partial charge in [0.25, 0.3) is 0 Å². The smallest absolute Gasteiger partial charge is 0.0361 e. The summed E-state index contributed by atoms with van der Waals surface area (Å²) in [5.41, 5.74) is 6.54. The molecule has 19 heavy (non-hydrogen) atoms. The topological polar surface area (TPSA) is 32.5 Å². The molecule has 0 aromatic rings. The van der Waals surface area contributed by atoms with Crippen molar-refractivity contribution in [2.24, 2.45) is 5.73 Å². The van der Waals surface area contributed by atoms with Crippen LogP contribution in [0.3, 0.4) is 0 Å². The quantitative estimate of drug-likeness (QED) is 0.849. The van der Waals surface area contributed by atoms with Crippen molar-refractivity contribution >= 4 is 0 Å². The van der Waals surface area contributed by atoms with Gasteiger partial charge < -0.3 is 10.6 Å². The first-order valence-corrected chi connectivity index (χ1v) is 8.26. The van der Waals surface area contributed by atoms with Gasteiger partial charge in [-0.05, 0) is 52.9 Å². The summed E-state index contributed by atoms with van der Waals surface area (Å²) in [6, 6.07) is 2.16. The van der Waals surface area contributed by atoms with Crippen molar-refractivity contribution < 1.29 is 0 Å². The molecule has 2 N–H and O–H groups in total. The Kier molecular flexibility index (Phi) is 4.91. The second-order valence-electron chi connectivity index (χ2n) is 6.95. The first-order chi connectivity index (χ1) is 9.04. The molecule has 112 valence electrons. The molecule has 0 radical (unpaired) electrons. The van der Waals surface area contributed by atoms with E-state index in [-0.39, 0.29) is 5.54 Å². The standard InChI is InChI=1S/C16H33N3/c1-5-15-7-6-14(4)19(15)16(12-17)8-10-18(11-9-16)13(2)3/h13-15H,5-12,17H2,1-4H3. The Morgan fingerprint density at radius 3 is 2.32 bits per heavy atom. The van der Waals surface area contributed by atoms with E-state index in [9.17, 15) is 0 Å². The fourth-order valence-corrected chi connectivity index (χ4v) is 4.35. The minimum absolute atomic E-state index is 0.280. The highest BCUT2D eigenvalue weighted by molar-refractivity contribution is 5.03. The monoisotopic (exact) mass is 267 g/mol. The minimum Gasteiger partial charge on any atom is -0.329 e. The van der Waals surface area contributed by atoms with Crippen molar-refractivity contribution in [1.82, 2.24) is 9.80 Å². The molecule has 2 unspecified atom stereocenters. The lowest BCUT2D eigenvalue weighted by molar-refractivity contribution is -0.0114. The molecular weight excluding hydrogens is 234 g/mol. The molecule has 3 heteroatoms. The van der Waals surface area contributed by atoms with Gasteiger partial charge in [0.15, 0.2) is 0 Å². The molecule has 3 nitrogen and oxygen atoms in total. The Morgan fingerprint density at radius 1 is 1.21 bits per heavy atom. The number of nitrogens with two attached hydrogens (primary N) is 1. The van der Waals surface area contributed by atoms with Crippen molar-refractivity contribution in [2.75, 3.05) is 19.6 Å². The molecule has 2 heterocycles. The molecule has 2 atom stereocenters. The summed E-state index contributed by atoms with van der Waals surface area (Å²) in [5, 5.41) is 0. The van der Waals surface area contributed by atoms with Crippen LogP contribution in [0.15, 0.2) is 0 Å². The maximum absolute atomic E-state index is 6.26. The Bertz CT molecular complexity index is 282. The van der Waals surface area contributed by atoms with Gasteiger partial charge in [0.1, 0.15) is 0 Å². The van der Waals surface area contributed by atoms with Crippen LogP contribution >= 0.6 is 0 Å². The molecule has 2 saturated heterocycles. The van der Waals surface area contributed by atoms with Gasteiger partial charge in [-0.1, -0.05) is 6.92 Å². The zero-order valence-electron chi connectivity index (χ0n) is 13.4. The van der Waals surface area contributed by atoms with E-state index in [1.165, 1.54) is 45.2 Å². The van der Waals surface area contributed by atoms with Crippen LogP contribution in [0.5, 0.6) is 0 Å². The number of hydrogen-bond acceptors (Lipinski definition) is 3. The summed E-state index contributed by atoms with van der Waals surface area (Å²) in [7, 11) is 0. The summed E-state index contributed by atoms with van der Waals surface area (Å²) >= 11 is 0. The molecule has 0 aromatic heterocycles. The van der Waals surface area contributed by atoms with Gasteiger partial charge in [-0.2, -0.15) is 0 Å². The van der Waals surface area contributed by atoms with Crippen molar-refractivity contribution in [3.63, 3.8) is 0 Å². The van der Waals surface area contributed by atoms with E-state index >= 15 is 0 Å². The van der Waals surface area contributed by atoms with E-state index in [1.54, 1.807) is 0 Å². The average Bonchev–Trinajstić information content (AvgIpc) is 2.80. The van der Waals surface area contributed by atoms with Crippen LogP contribution in [-0.2, 0) is 0 Å². The molecule has 0 spiro atoms. The molecule has 0 bridgehead atoms. The van der Waals surface area contributed by atoms with Crippen LogP contribution in [0, 0.1) is 0 Å². The van der Waals surface area contributed by atoms with Gasteiger partial charge in [0.2, 0.25) is 0 Å². The molecule has 2 fully saturated rings. The van der Waals surface area contributed by atoms with Gasteiger partial charge in [-0.15, -0.1) is 0 Å². The Labute approximate surface area is 119 Å². The number of piperidine rings is 1.